The van der Waals surface area contributed by atoms with Crippen LogP contribution in [0.25, 0.3) is 0 Å². The molecule has 1 aromatic heterocycles. The zero-order valence-corrected chi connectivity index (χ0v) is 10.3. The van der Waals surface area contributed by atoms with E-state index < -0.39 is 0 Å². The Balaban J connectivity index is 2.08. The molecule has 0 aromatic carbocycles. The predicted molar refractivity (Wildman–Crippen MR) is 64.2 cm³/mol. The molecule has 0 amide bonds. The monoisotopic (exact) mass is 225 g/mol. The summed E-state index contributed by atoms with van der Waals surface area (Å²) in [6, 6.07) is 0.193. The fourth-order valence-corrected chi connectivity index (χ4v) is 3.10. The van der Waals surface area contributed by atoms with E-state index >= 15 is 0 Å². The van der Waals surface area contributed by atoms with E-state index in [1.165, 1.54) is 28.4 Å². The van der Waals surface area contributed by atoms with Crippen molar-refractivity contribution in [3.8, 4) is 0 Å². The van der Waals surface area contributed by atoms with Gasteiger partial charge in [0, 0.05) is 23.9 Å². The lowest BCUT2D eigenvalue weighted by Crippen LogP contribution is -2.17. The first-order valence-electron chi connectivity index (χ1n) is 5.55. The summed E-state index contributed by atoms with van der Waals surface area (Å²) in [5.41, 5.74) is 7.23. The molecule has 1 aliphatic rings. The molecule has 2 N–H and O–H groups in total. The van der Waals surface area contributed by atoms with Crippen LogP contribution in [-0.2, 0) is 12.8 Å². The van der Waals surface area contributed by atoms with E-state index in [9.17, 15) is 0 Å². The molecule has 4 heteroatoms. The van der Waals surface area contributed by atoms with Gasteiger partial charge in [-0.1, -0.05) is 0 Å². The van der Waals surface area contributed by atoms with Crippen molar-refractivity contribution in [1.29, 1.82) is 0 Å². The SMILES string of the molecule is CN(C)CCc1nc2c(s1)CCCC2N. The first-order valence-corrected chi connectivity index (χ1v) is 6.37. The van der Waals surface area contributed by atoms with E-state index in [0.717, 1.165) is 19.4 Å². The third-order valence-corrected chi connectivity index (χ3v) is 4.01. The zero-order valence-electron chi connectivity index (χ0n) is 9.49. The van der Waals surface area contributed by atoms with Crippen LogP contribution in [0.5, 0.6) is 0 Å². The Morgan fingerprint density at radius 1 is 1.53 bits per heavy atom. The maximum Gasteiger partial charge on any atom is 0.0944 e. The van der Waals surface area contributed by atoms with Crippen LogP contribution in [0.1, 0.15) is 34.5 Å². The van der Waals surface area contributed by atoms with E-state index in [-0.39, 0.29) is 6.04 Å². The van der Waals surface area contributed by atoms with Gasteiger partial charge in [0.1, 0.15) is 0 Å². The van der Waals surface area contributed by atoms with E-state index in [0.29, 0.717) is 0 Å². The zero-order chi connectivity index (χ0) is 10.8. The molecule has 3 nitrogen and oxygen atoms in total. The van der Waals surface area contributed by atoms with Crippen LogP contribution in [-0.4, -0.2) is 30.5 Å². The van der Waals surface area contributed by atoms with Crippen molar-refractivity contribution in [1.82, 2.24) is 9.88 Å². The van der Waals surface area contributed by atoms with Crippen molar-refractivity contribution in [3.05, 3.63) is 15.6 Å². The third kappa shape index (κ3) is 2.56. The molecular weight excluding hydrogens is 206 g/mol. The molecular formula is C11H19N3S. The van der Waals surface area contributed by atoms with Gasteiger partial charge in [0.25, 0.3) is 0 Å². The molecule has 1 unspecified atom stereocenters. The van der Waals surface area contributed by atoms with Gasteiger partial charge in [-0.3, -0.25) is 0 Å². The maximum atomic E-state index is 6.05. The van der Waals surface area contributed by atoms with Crippen LogP contribution in [0.3, 0.4) is 0 Å². The molecule has 0 bridgehead atoms. The largest absolute Gasteiger partial charge is 0.323 e. The average Bonchev–Trinajstić information content (AvgIpc) is 2.59. The number of likely N-dealkylation sites (N-methyl/N-ethyl adjacent to an activating group) is 1. The van der Waals surface area contributed by atoms with Gasteiger partial charge in [-0.25, -0.2) is 4.98 Å². The quantitative estimate of drug-likeness (QED) is 0.849. The fourth-order valence-electron chi connectivity index (χ4n) is 1.93. The number of aromatic nitrogens is 1. The molecule has 84 valence electrons. The van der Waals surface area contributed by atoms with Gasteiger partial charge in [0.2, 0.25) is 0 Å². The number of fused-ring (bicyclic) bond motifs is 1. The Morgan fingerprint density at radius 2 is 2.33 bits per heavy atom. The number of nitrogens with two attached hydrogens (primary N) is 1. The van der Waals surface area contributed by atoms with Crippen LogP contribution < -0.4 is 5.73 Å². The highest BCUT2D eigenvalue weighted by atomic mass is 32.1. The second-order valence-electron chi connectivity index (χ2n) is 4.47. The summed E-state index contributed by atoms with van der Waals surface area (Å²) >= 11 is 1.86. The van der Waals surface area contributed by atoms with Crippen molar-refractivity contribution in [2.75, 3.05) is 20.6 Å². The Hall–Kier alpha value is -0.450. The Morgan fingerprint density at radius 3 is 3.00 bits per heavy atom. The molecule has 0 fully saturated rings. The van der Waals surface area contributed by atoms with E-state index in [1.807, 2.05) is 11.3 Å². The summed E-state index contributed by atoms with van der Waals surface area (Å²) in [5.74, 6) is 0. The maximum absolute atomic E-state index is 6.05. The van der Waals surface area contributed by atoms with Crippen molar-refractivity contribution in [3.63, 3.8) is 0 Å². The summed E-state index contributed by atoms with van der Waals surface area (Å²) in [4.78, 5) is 8.30. The number of rotatable bonds is 3. The van der Waals surface area contributed by atoms with Gasteiger partial charge in [0.15, 0.2) is 0 Å². The summed E-state index contributed by atoms with van der Waals surface area (Å²) in [6.07, 6.45) is 4.56. The highest BCUT2D eigenvalue weighted by molar-refractivity contribution is 7.11. The minimum absolute atomic E-state index is 0.193. The molecule has 15 heavy (non-hydrogen) atoms. The smallest absolute Gasteiger partial charge is 0.0944 e. The van der Waals surface area contributed by atoms with Gasteiger partial charge in [-0.2, -0.15) is 0 Å². The lowest BCUT2D eigenvalue weighted by molar-refractivity contribution is 0.413. The molecule has 0 radical (unpaired) electrons. The highest BCUT2D eigenvalue weighted by Gasteiger charge is 2.21. The van der Waals surface area contributed by atoms with Crippen molar-refractivity contribution in [2.45, 2.75) is 31.7 Å². The lowest BCUT2D eigenvalue weighted by Gasteiger charge is -2.15. The summed E-state index contributed by atoms with van der Waals surface area (Å²) < 4.78 is 0. The van der Waals surface area contributed by atoms with Gasteiger partial charge in [-0.15, -0.1) is 11.3 Å². The highest BCUT2D eigenvalue weighted by Crippen LogP contribution is 2.31. The first-order chi connectivity index (χ1) is 7.16. The Kier molecular flexibility index (Phi) is 3.38. The molecule has 0 aliphatic heterocycles. The first kappa shape index (κ1) is 11.0. The van der Waals surface area contributed by atoms with Crippen LogP contribution in [0.2, 0.25) is 0 Å². The number of aryl methyl sites for hydroxylation is 1. The van der Waals surface area contributed by atoms with E-state index in [4.69, 9.17) is 5.73 Å². The second-order valence-corrected chi connectivity index (χ2v) is 5.64. The summed E-state index contributed by atoms with van der Waals surface area (Å²) in [6.45, 7) is 1.07. The minimum Gasteiger partial charge on any atom is -0.323 e. The van der Waals surface area contributed by atoms with E-state index in [2.05, 4.69) is 24.0 Å². The lowest BCUT2D eigenvalue weighted by atomic mass is 9.99. The van der Waals surface area contributed by atoms with E-state index in [1.54, 1.807) is 0 Å². The predicted octanol–water partition coefficient (Wildman–Crippen LogP) is 1.58. The molecule has 1 heterocycles. The van der Waals surface area contributed by atoms with Gasteiger partial charge < -0.3 is 10.6 Å². The van der Waals surface area contributed by atoms with Crippen LogP contribution in [0.4, 0.5) is 0 Å². The van der Waals surface area contributed by atoms with Gasteiger partial charge >= 0.3 is 0 Å². The summed E-state index contributed by atoms with van der Waals surface area (Å²) in [5, 5.41) is 1.26. The topological polar surface area (TPSA) is 42.2 Å². The number of thiazole rings is 1. The average molecular weight is 225 g/mol. The standard InChI is InChI=1S/C11H19N3S/c1-14(2)7-6-10-13-11-8(12)4-3-5-9(11)15-10/h8H,3-7,12H2,1-2H3. The van der Waals surface area contributed by atoms with Crippen molar-refractivity contribution in [2.24, 2.45) is 5.73 Å². The molecule has 0 spiro atoms. The van der Waals surface area contributed by atoms with Crippen LogP contribution in [0, 0.1) is 0 Å². The molecule has 0 saturated heterocycles. The second kappa shape index (κ2) is 4.60. The molecule has 1 aliphatic carbocycles. The molecule has 1 atom stereocenters. The van der Waals surface area contributed by atoms with Crippen molar-refractivity contribution < 1.29 is 0 Å². The van der Waals surface area contributed by atoms with Gasteiger partial charge in [0.05, 0.1) is 10.7 Å². The number of hydrogen-bond donors (Lipinski definition) is 1. The number of hydrogen-bond acceptors (Lipinski definition) is 4. The molecule has 0 saturated carbocycles. The van der Waals surface area contributed by atoms with Crippen LogP contribution in [0.15, 0.2) is 0 Å². The molecule has 2 rings (SSSR count). The normalized spacial score (nSPS) is 20.7. The van der Waals surface area contributed by atoms with Crippen molar-refractivity contribution >= 4 is 11.3 Å². The minimum atomic E-state index is 0.193. The fraction of sp³-hybridized carbons (Fsp3) is 0.727. The third-order valence-electron chi connectivity index (χ3n) is 2.81. The summed E-state index contributed by atoms with van der Waals surface area (Å²) in [7, 11) is 4.19. The number of nitrogens with zero attached hydrogens (tertiary/aromatic N) is 2. The van der Waals surface area contributed by atoms with Crippen LogP contribution >= 0.6 is 11.3 Å². The Bertz CT molecular complexity index is 333. The molecule has 1 aromatic rings. The Labute approximate surface area is 95.3 Å². The van der Waals surface area contributed by atoms with Gasteiger partial charge in [-0.05, 0) is 33.4 Å².